The van der Waals surface area contributed by atoms with Gasteiger partial charge in [0.2, 0.25) is 0 Å². The third-order valence-corrected chi connectivity index (χ3v) is 3.52. The van der Waals surface area contributed by atoms with Crippen molar-refractivity contribution in [1.82, 2.24) is 9.97 Å². The maximum Gasteiger partial charge on any atom is 0.166 e. The van der Waals surface area contributed by atoms with Crippen molar-refractivity contribution >= 4 is 28.5 Å². The van der Waals surface area contributed by atoms with Crippen molar-refractivity contribution in [3.05, 3.63) is 18.2 Å². The molecule has 0 aliphatic rings. The molecule has 1 unspecified atom stereocenters. The number of thioether (sulfide) groups is 1. The van der Waals surface area contributed by atoms with E-state index >= 15 is 0 Å². The monoisotopic (exact) mass is 221 g/mol. The minimum atomic E-state index is 0.586. The van der Waals surface area contributed by atoms with Crippen LogP contribution in [0, 0.1) is 0 Å². The molecular formula is C11H15N3S. The highest BCUT2D eigenvalue weighted by molar-refractivity contribution is 7.99. The van der Waals surface area contributed by atoms with E-state index < -0.39 is 0 Å². The summed E-state index contributed by atoms with van der Waals surface area (Å²) in [6, 6.07) is 5.74. The number of hydrogen-bond donors (Lipinski definition) is 2. The highest BCUT2D eigenvalue weighted by atomic mass is 32.2. The average molecular weight is 221 g/mol. The lowest BCUT2D eigenvalue weighted by Gasteiger charge is -2.03. The molecule has 4 heteroatoms. The van der Waals surface area contributed by atoms with Gasteiger partial charge in [0.1, 0.15) is 0 Å². The fourth-order valence-electron chi connectivity index (χ4n) is 1.33. The second-order valence-corrected chi connectivity index (χ2v) is 5.08. The number of aromatic amines is 1. The molecule has 0 amide bonds. The molecule has 0 fully saturated rings. The Bertz CT molecular complexity index is 464. The molecule has 3 N–H and O–H groups in total. The van der Waals surface area contributed by atoms with E-state index in [1.165, 1.54) is 0 Å². The molecule has 0 aliphatic heterocycles. The number of nitrogens with one attached hydrogen (secondary N) is 1. The summed E-state index contributed by atoms with van der Waals surface area (Å²) >= 11 is 1.77. The standard InChI is InChI=1S/C11H15N3S/c1-3-7(2)15-11-13-9-5-4-8(12)6-10(9)14-11/h4-7H,3,12H2,1-2H3,(H,13,14). The smallest absolute Gasteiger partial charge is 0.166 e. The van der Waals surface area contributed by atoms with E-state index in [9.17, 15) is 0 Å². The maximum absolute atomic E-state index is 5.71. The van der Waals surface area contributed by atoms with Crippen molar-refractivity contribution in [2.24, 2.45) is 0 Å². The van der Waals surface area contributed by atoms with Gasteiger partial charge in [-0.05, 0) is 24.6 Å². The summed E-state index contributed by atoms with van der Waals surface area (Å²) in [6.07, 6.45) is 1.14. The molecule has 2 aromatic rings. The Morgan fingerprint density at radius 3 is 3.07 bits per heavy atom. The van der Waals surface area contributed by atoms with Gasteiger partial charge in [-0.15, -0.1) is 0 Å². The van der Waals surface area contributed by atoms with Gasteiger partial charge in [0, 0.05) is 10.9 Å². The Hall–Kier alpha value is -1.16. The normalized spacial score (nSPS) is 13.2. The van der Waals surface area contributed by atoms with Crippen molar-refractivity contribution < 1.29 is 0 Å². The van der Waals surface area contributed by atoms with E-state index in [-0.39, 0.29) is 0 Å². The van der Waals surface area contributed by atoms with E-state index in [1.807, 2.05) is 18.2 Å². The molecule has 80 valence electrons. The quantitative estimate of drug-likeness (QED) is 0.618. The van der Waals surface area contributed by atoms with Crippen molar-refractivity contribution in [1.29, 1.82) is 0 Å². The van der Waals surface area contributed by atoms with Crippen molar-refractivity contribution in [3.8, 4) is 0 Å². The molecule has 3 nitrogen and oxygen atoms in total. The molecule has 0 spiro atoms. The van der Waals surface area contributed by atoms with Gasteiger partial charge in [0.15, 0.2) is 5.16 Å². The largest absolute Gasteiger partial charge is 0.399 e. The summed E-state index contributed by atoms with van der Waals surface area (Å²) in [5.74, 6) is 0. The second-order valence-electron chi connectivity index (χ2n) is 3.66. The topological polar surface area (TPSA) is 54.7 Å². The van der Waals surface area contributed by atoms with Gasteiger partial charge in [-0.3, -0.25) is 0 Å². The molecule has 0 bridgehead atoms. The predicted molar refractivity (Wildman–Crippen MR) is 66.1 cm³/mol. The summed E-state index contributed by atoms with van der Waals surface area (Å²) < 4.78 is 0. The van der Waals surface area contributed by atoms with Gasteiger partial charge in [0.05, 0.1) is 11.0 Å². The minimum Gasteiger partial charge on any atom is -0.399 e. The molecule has 2 rings (SSSR count). The zero-order valence-electron chi connectivity index (χ0n) is 8.95. The number of nitrogen functional groups attached to an aromatic ring is 1. The van der Waals surface area contributed by atoms with E-state index in [0.717, 1.165) is 28.3 Å². The molecule has 0 saturated heterocycles. The Morgan fingerprint density at radius 1 is 1.53 bits per heavy atom. The molecule has 1 heterocycles. The second kappa shape index (κ2) is 4.14. The van der Waals surface area contributed by atoms with Crippen molar-refractivity contribution in [3.63, 3.8) is 0 Å². The highest BCUT2D eigenvalue weighted by Crippen LogP contribution is 2.25. The molecule has 0 saturated carbocycles. The highest BCUT2D eigenvalue weighted by Gasteiger charge is 2.06. The number of hydrogen-bond acceptors (Lipinski definition) is 3. The Morgan fingerprint density at radius 2 is 2.33 bits per heavy atom. The first-order valence-corrected chi connectivity index (χ1v) is 5.99. The Kier molecular flexibility index (Phi) is 2.86. The van der Waals surface area contributed by atoms with Crippen LogP contribution in [0.3, 0.4) is 0 Å². The molecule has 1 atom stereocenters. The molecule has 1 aromatic heterocycles. The minimum absolute atomic E-state index is 0.586. The number of fused-ring (bicyclic) bond motifs is 1. The molecule has 0 radical (unpaired) electrons. The number of benzene rings is 1. The van der Waals surface area contributed by atoms with Gasteiger partial charge in [-0.25, -0.2) is 4.98 Å². The Balaban J connectivity index is 2.30. The lowest BCUT2D eigenvalue weighted by Crippen LogP contribution is -1.92. The van der Waals surface area contributed by atoms with Crippen LogP contribution in [0.1, 0.15) is 20.3 Å². The SMILES string of the molecule is CCC(C)Sc1nc2ccc(N)cc2[nH]1. The van der Waals surface area contributed by atoms with Crippen molar-refractivity contribution in [2.45, 2.75) is 30.7 Å². The number of rotatable bonds is 3. The van der Waals surface area contributed by atoms with Crippen LogP contribution in [-0.2, 0) is 0 Å². The van der Waals surface area contributed by atoms with Crippen LogP contribution in [0.2, 0.25) is 0 Å². The number of H-pyrrole nitrogens is 1. The van der Waals surface area contributed by atoms with Crippen LogP contribution in [-0.4, -0.2) is 15.2 Å². The number of nitrogens with two attached hydrogens (primary N) is 1. The summed E-state index contributed by atoms with van der Waals surface area (Å²) in [6.45, 7) is 4.38. The van der Waals surface area contributed by atoms with Crippen LogP contribution in [0.4, 0.5) is 5.69 Å². The number of anilines is 1. The summed E-state index contributed by atoms with van der Waals surface area (Å²) in [7, 11) is 0. The predicted octanol–water partition coefficient (Wildman–Crippen LogP) is 3.04. The summed E-state index contributed by atoms with van der Waals surface area (Å²) in [4.78, 5) is 7.77. The van der Waals surface area contributed by atoms with Crippen LogP contribution < -0.4 is 5.73 Å². The van der Waals surface area contributed by atoms with Crippen LogP contribution >= 0.6 is 11.8 Å². The fourth-order valence-corrected chi connectivity index (χ4v) is 2.20. The number of aromatic nitrogens is 2. The van der Waals surface area contributed by atoms with E-state index in [4.69, 9.17) is 5.73 Å². The molecule has 15 heavy (non-hydrogen) atoms. The number of nitrogens with zero attached hydrogens (tertiary/aromatic N) is 1. The van der Waals surface area contributed by atoms with E-state index in [2.05, 4.69) is 23.8 Å². The first-order chi connectivity index (χ1) is 7.19. The number of imidazole rings is 1. The maximum atomic E-state index is 5.71. The van der Waals surface area contributed by atoms with Gasteiger partial charge in [-0.2, -0.15) is 0 Å². The molecular weight excluding hydrogens is 206 g/mol. The molecule has 1 aromatic carbocycles. The van der Waals surface area contributed by atoms with Gasteiger partial charge < -0.3 is 10.7 Å². The Labute approximate surface area is 93.5 Å². The lowest BCUT2D eigenvalue weighted by atomic mass is 10.3. The van der Waals surface area contributed by atoms with Crippen molar-refractivity contribution in [2.75, 3.05) is 5.73 Å². The lowest BCUT2D eigenvalue weighted by molar-refractivity contribution is 0.896. The first-order valence-electron chi connectivity index (χ1n) is 5.11. The average Bonchev–Trinajstić information content (AvgIpc) is 2.59. The van der Waals surface area contributed by atoms with E-state index in [0.29, 0.717) is 5.25 Å². The van der Waals surface area contributed by atoms with Gasteiger partial charge in [-0.1, -0.05) is 25.6 Å². The van der Waals surface area contributed by atoms with E-state index in [1.54, 1.807) is 11.8 Å². The zero-order valence-corrected chi connectivity index (χ0v) is 9.77. The summed E-state index contributed by atoms with van der Waals surface area (Å²) in [5, 5.41) is 1.56. The van der Waals surface area contributed by atoms with Crippen LogP contribution in [0.5, 0.6) is 0 Å². The summed E-state index contributed by atoms with van der Waals surface area (Å²) in [5.41, 5.74) is 8.47. The first kappa shape index (κ1) is 10.4. The van der Waals surface area contributed by atoms with Crippen LogP contribution in [0.25, 0.3) is 11.0 Å². The third-order valence-electron chi connectivity index (χ3n) is 2.37. The molecule has 0 aliphatic carbocycles. The van der Waals surface area contributed by atoms with Gasteiger partial charge >= 0.3 is 0 Å². The third kappa shape index (κ3) is 2.26. The fraction of sp³-hybridized carbons (Fsp3) is 0.364. The van der Waals surface area contributed by atoms with Gasteiger partial charge in [0.25, 0.3) is 0 Å². The van der Waals surface area contributed by atoms with Crippen LogP contribution in [0.15, 0.2) is 23.4 Å². The zero-order chi connectivity index (χ0) is 10.8.